The molecule has 2 N–H and O–H groups in total. The first-order chi connectivity index (χ1) is 12.0. The Morgan fingerprint density at radius 3 is 2.04 bits per heavy atom. The molecule has 0 heterocycles. The number of amides is 1. The molecule has 0 saturated carbocycles. The first kappa shape index (κ1) is 17.0. The van der Waals surface area contributed by atoms with Crippen molar-refractivity contribution in [2.45, 2.75) is 25.8 Å². The molecule has 1 atom stereocenters. The molecule has 0 spiro atoms. The van der Waals surface area contributed by atoms with Gasteiger partial charge in [-0.2, -0.15) is 0 Å². The largest absolute Gasteiger partial charge is 0.480 e. The highest BCUT2D eigenvalue weighted by molar-refractivity contribution is 5.81. The van der Waals surface area contributed by atoms with E-state index < -0.39 is 18.1 Å². The van der Waals surface area contributed by atoms with Gasteiger partial charge in [-0.3, -0.25) is 0 Å². The molecule has 1 amide bonds. The Labute approximate surface area is 146 Å². The maximum Gasteiger partial charge on any atom is 0.407 e. The average Bonchev–Trinajstić information content (AvgIpc) is 2.91. The van der Waals surface area contributed by atoms with Gasteiger partial charge in [-0.05, 0) is 28.2 Å². The summed E-state index contributed by atoms with van der Waals surface area (Å²) in [7, 11) is 0. The second-order valence-corrected chi connectivity index (χ2v) is 6.53. The van der Waals surface area contributed by atoms with Gasteiger partial charge in [0.2, 0.25) is 0 Å². The number of carbonyl (C=O) groups excluding carboxylic acids is 1. The molecule has 2 aromatic carbocycles. The number of hydrogen-bond acceptors (Lipinski definition) is 3. The van der Waals surface area contributed by atoms with Gasteiger partial charge in [-0.1, -0.05) is 62.4 Å². The predicted molar refractivity (Wildman–Crippen MR) is 94.5 cm³/mol. The lowest BCUT2D eigenvalue weighted by molar-refractivity contribution is -0.140. The molecule has 5 nitrogen and oxygen atoms in total. The maximum absolute atomic E-state index is 12.0. The molecule has 0 fully saturated rings. The Morgan fingerprint density at radius 2 is 1.56 bits per heavy atom. The van der Waals surface area contributed by atoms with Crippen molar-refractivity contribution in [3.05, 3.63) is 59.7 Å². The lowest BCUT2D eigenvalue weighted by Crippen LogP contribution is -2.44. The van der Waals surface area contributed by atoms with Crippen molar-refractivity contribution < 1.29 is 19.4 Å². The van der Waals surface area contributed by atoms with Crippen molar-refractivity contribution >= 4 is 12.1 Å². The molecule has 0 radical (unpaired) electrons. The van der Waals surface area contributed by atoms with Crippen LogP contribution in [0.2, 0.25) is 0 Å². The minimum Gasteiger partial charge on any atom is -0.480 e. The zero-order valence-corrected chi connectivity index (χ0v) is 14.2. The van der Waals surface area contributed by atoms with Crippen molar-refractivity contribution in [2.24, 2.45) is 5.92 Å². The lowest BCUT2D eigenvalue weighted by Gasteiger charge is -2.19. The van der Waals surface area contributed by atoms with E-state index >= 15 is 0 Å². The summed E-state index contributed by atoms with van der Waals surface area (Å²) in [5.74, 6) is -1.33. The Hall–Kier alpha value is -2.82. The van der Waals surface area contributed by atoms with Crippen LogP contribution in [0.1, 0.15) is 30.9 Å². The summed E-state index contributed by atoms with van der Waals surface area (Å²) in [5.41, 5.74) is 4.54. The molecule has 2 aromatic rings. The van der Waals surface area contributed by atoms with Gasteiger partial charge < -0.3 is 15.2 Å². The molecule has 1 aliphatic carbocycles. The van der Waals surface area contributed by atoms with E-state index in [9.17, 15) is 9.59 Å². The SMILES string of the molecule is [13CH3][13CH]([13CH3])[13C@H](NC(=O)OCC1c2ccccc2-c2ccccc21)[13C](=O)O. The molecule has 5 heteroatoms. The van der Waals surface area contributed by atoms with Crippen molar-refractivity contribution in [3.8, 4) is 11.1 Å². The van der Waals surface area contributed by atoms with Crippen LogP contribution in [0.3, 0.4) is 0 Å². The van der Waals surface area contributed by atoms with Gasteiger partial charge in [-0.15, -0.1) is 0 Å². The summed E-state index contributed by atoms with van der Waals surface area (Å²) in [6.45, 7) is 3.65. The fourth-order valence-electron chi connectivity index (χ4n) is 3.28. The topological polar surface area (TPSA) is 75.6 Å². The molecule has 0 aromatic heterocycles. The van der Waals surface area contributed by atoms with E-state index in [1.165, 1.54) is 0 Å². The van der Waals surface area contributed by atoms with Crippen molar-refractivity contribution in [1.82, 2.24) is 5.32 Å². The first-order valence-electron chi connectivity index (χ1n) is 8.33. The minimum absolute atomic E-state index is 0.0412. The Morgan fingerprint density at radius 1 is 1.04 bits per heavy atom. The van der Waals surface area contributed by atoms with Crippen LogP contribution in [0.15, 0.2) is 48.5 Å². The fraction of sp³-hybridized carbons (Fsp3) is 0.300. The third kappa shape index (κ3) is 3.36. The Kier molecular flexibility index (Phi) is 4.74. The molecule has 130 valence electrons. The number of benzene rings is 2. The van der Waals surface area contributed by atoms with Crippen molar-refractivity contribution in [3.63, 3.8) is 0 Å². The highest BCUT2D eigenvalue weighted by Gasteiger charge is 2.30. The van der Waals surface area contributed by atoms with Crippen molar-refractivity contribution in [1.29, 1.82) is 0 Å². The van der Waals surface area contributed by atoms with Crippen LogP contribution >= 0.6 is 0 Å². The fourth-order valence-corrected chi connectivity index (χ4v) is 3.28. The normalized spacial score (nSPS) is 13.9. The third-order valence-corrected chi connectivity index (χ3v) is 4.55. The van der Waals surface area contributed by atoms with E-state index in [1.807, 2.05) is 36.4 Å². The van der Waals surface area contributed by atoms with Gasteiger partial charge in [0.1, 0.15) is 12.6 Å². The van der Waals surface area contributed by atoms with Gasteiger partial charge in [0.25, 0.3) is 0 Å². The minimum atomic E-state index is -1.07. The quantitative estimate of drug-likeness (QED) is 0.812. The molecule has 0 bridgehead atoms. The lowest BCUT2D eigenvalue weighted by atomic mass is 9.98. The first-order valence-corrected chi connectivity index (χ1v) is 8.33. The van der Waals surface area contributed by atoms with Gasteiger partial charge in [0, 0.05) is 5.92 Å². The molecule has 25 heavy (non-hydrogen) atoms. The van der Waals surface area contributed by atoms with E-state index in [1.54, 1.807) is 13.8 Å². The van der Waals surface area contributed by atoms with Crippen molar-refractivity contribution in [2.75, 3.05) is 6.61 Å². The highest BCUT2D eigenvalue weighted by Crippen LogP contribution is 2.44. The zero-order chi connectivity index (χ0) is 18.0. The Bertz CT molecular complexity index is 754. The highest BCUT2D eigenvalue weighted by atomic mass is 16.6. The number of carboxylic acid groups (broad SMARTS) is 1. The number of ether oxygens (including phenoxy) is 1. The smallest absolute Gasteiger partial charge is 0.407 e. The maximum atomic E-state index is 12.0. The summed E-state index contributed by atoms with van der Waals surface area (Å²) in [6, 6.07) is 15.2. The molecular formula is C20H21NO4. The summed E-state index contributed by atoms with van der Waals surface area (Å²) in [4.78, 5) is 23.2. The zero-order valence-electron chi connectivity index (χ0n) is 14.2. The standard InChI is InChI=1S/C20H21NO4/c1-12(2)18(19(22)23)21-20(24)25-11-17-15-9-5-3-7-13(15)14-8-4-6-10-16(14)17/h3-10,12,17-18H,11H2,1-2H3,(H,21,24)(H,22,23)/t18-/m0/s1/i1+1,2+1,12+1,18+1,19+1. The average molecular weight is 344 g/mol. The van der Waals surface area contributed by atoms with Gasteiger partial charge >= 0.3 is 12.1 Å². The number of hydrogen-bond donors (Lipinski definition) is 2. The van der Waals surface area contributed by atoms with Gasteiger partial charge in [0.15, 0.2) is 0 Å². The molecule has 0 aliphatic heterocycles. The second-order valence-electron chi connectivity index (χ2n) is 6.53. The number of carbonyl (C=O) groups is 2. The van der Waals surface area contributed by atoms with E-state index in [4.69, 9.17) is 9.84 Å². The molecule has 0 unspecified atom stereocenters. The number of alkyl carbamates (subject to hydrolysis) is 1. The summed E-state index contributed by atoms with van der Waals surface area (Å²) < 4.78 is 5.36. The molecule has 1 aliphatic rings. The molecular weight excluding hydrogens is 323 g/mol. The Balaban J connectivity index is 1.73. The van der Waals surface area contributed by atoms with Crippen LogP contribution in [0.5, 0.6) is 0 Å². The third-order valence-electron chi connectivity index (χ3n) is 4.55. The monoisotopic (exact) mass is 344 g/mol. The van der Waals surface area contributed by atoms with Crippen LogP contribution in [-0.4, -0.2) is 29.8 Å². The predicted octanol–water partition coefficient (Wildman–Crippen LogP) is 3.63. The number of aliphatic carboxylic acids is 1. The summed E-state index contributed by atoms with van der Waals surface area (Å²) >= 11 is 0. The van der Waals surface area contributed by atoms with Gasteiger partial charge in [0.05, 0.1) is 0 Å². The van der Waals surface area contributed by atoms with E-state index in [2.05, 4.69) is 17.4 Å². The number of rotatable bonds is 5. The number of nitrogens with one attached hydrogen (secondary N) is 1. The summed E-state index contributed by atoms with van der Waals surface area (Å²) in [5, 5.41) is 11.6. The van der Waals surface area contributed by atoms with Crippen LogP contribution in [0.4, 0.5) is 4.79 Å². The number of carboxylic acids is 1. The van der Waals surface area contributed by atoms with Crippen LogP contribution < -0.4 is 5.32 Å². The van der Waals surface area contributed by atoms with Crippen LogP contribution in [-0.2, 0) is 9.53 Å². The van der Waals surface area contributed by atoms with E-state index in [0.717, 1.165) is 22.3 Å². The van der Waals surface area contributed by atoms with Gasteiger partial charge in [-0.25, -0.2) is 9.59 Å². The second kappa shape index (κ2) is 6.97. The van der Waals surface area contributed by atoms with E-state index in [0.29, 0.717) is 0 Å². The number of fused-ring (bicyclic) bond motifs is 3. The summed E-state index contributed by atoms with van der Waals surface area (Å²) in [6.07, 6.45) is -0.706. The van der Waals surface area contributed by atoms with E-state index in [-0.39, 0.29) is 18.4 Å². The van der Waals surface area contributed by atoms with Crippen LogP contribution in [0.25, 0.3) is 11.1 Å². The molecule has 0 saturated heterocycles. The van der Waals surface area contributed by atoms with Crippen LogP contribution in [0, 0.1) is 5.92 Å². The molecule has 3 rings (SSSR count).